The predicted octanol–water partition coefficient (Wildman–Crippen LogP) is 6.63. The molecule has 0 aliphatic carbocycles. The molecule has 1 N–H and O–H groups in total. The summed E-state index contributed by atoms with van der Waals surface area (Å²) in [6.07, 6.45) is 4.83. The number of likely N-dealkylation sites (tertiary alicyclic amines) is 1. The maximum atomic E-state index is 9.84. The first-order valence-electron chi connectivity index (χ1n) is 12.3. The predicted molar refractivity (Wildman–Crippen MR) is 140 cm³/mol. The summed E-state index contributed by atoms with van der Waals surface area (Å²) in [6.45, 7) is 6.25. The third-order valence-corrected chi connectivity index (χ3v) is 6.52. The van der Waals surface area contributed by atoms with E-state index in [2.05, 4.69) is 48.2 Å². The number of nitrogens with zero attached hydrogens (tertiary/aromatic N) is 1. The lowest BCUT2D eigenvalue weighted by molar-refractivity contribution is 0.183. The van der Waals surface area contributed by atoms with Crippen LogP contribution < -0.4 is 9.47 Å². The van der Waals surface area contributed by atoms with Crippen LogP contribution in [0.25, 0.3) is 11.1 Å². The van der Waals surface area contributed by atoms with Crippen LogP contribution in [0.4, 0.5) is 0 Å². The topological polar surface area (TPSA) is 41.9 Å². The van der Waals surface area contributed by atoms with Crippen LogP contribution in [0, 0.1) is 0 Å². The highest BCUT2D eigenvalue weighted by atomic mass is 16.5. The fourth-order valence-electron chi connectivity index (χ4n) is 4.65. The van der Waals surface area contributed by atoms with E-state index in [4.69, 9.17) is 9.47 Å². The van der Waals surface area contributed by atoms with Crippen molar-refractivity contribution in [3.05, 3.63) is 89.5 Å². The zero-order valence-electron chi connectivity index (χ0n) is 20.3. The summed E-state index contributed by atoms with van der Waals surface area (Å²) in [5.74, 6) is 2.01. The molecule has 4 heteroatoms. The number of rotatable bonds is 9. The zero-order chi connectivity index (χ0) is 23.8. The second-order valence-electron chi connectivity index (χ2n) is 8.76. The molecule has 1 heterocycles. The number of allylic oxidation sites excluding steroid dienone is 1. The molecule has 4 nitrogen and oxygen atoms in total. The Kier molecular flexibility index (Phi) is 8.26. The second-order valence-corrected chi connectivity index (χ2v) is 8.76. The number of phenols is 1. The van der Waals surface area contributed by atoms with Gasteiger partial charge < -0.3 is 14.6 Å². The van der Waals surface area contributed by atoms with Crippen molar-refractivity contribution in [3.63, 3.8) is 0 Å². The molecule has 3 aromatic carbocycles. The van der Waals surface area contributed by atoms with E-state index in [1.165, 1.54) is 37.9 Å². The van der Waals surface area contributed by atoms with Crippen molar-refractivity contribution >= 4 is 11.1 Å². The fourth-order valence-corrected chi connectivity index (χ4v) is 4.65. The molecule has 0 bridgehead atoms. The van der Waals surface area contributed by atoms with Crippen LogP contribution in [-0.2, 0) is 0 Å². The number of hydrogen-bond donors (Lipinski definition) is 1. The average Bonchev–Trinajstić information content (AvgIpc) is 2.89. The Morgan fingerprint density at radius 3 is 1.91 bits per heavy atom. The van der Waals surface area contributed by atoms with E-state index < -0.39 is 0 Å². The van der Waals surface area contributed by atoms with E-state index in [-0.39, 0.29) is 5.75 Å². The Hall–Kier alpha value is -3.24. The van der Waals surface area contributed by atoms with E-state index in [0.29, 0.717) is 6.61 Å². The largest absolute Gasteiger partial charge is 0.508 e. The lowest BCUT2D eigenvalue weighted by Crippen LogP contribution is -2.33. The number of hydrogen-bond acceptors (Lipinski definition) is 4. The van der Waals surface area contributed by atoms with Crippen molar-refractivity contribution in [2.75, 3.05) is 33.4 Å². The van der Waals surface area contributed by atoms with Crippen LogP contribution in [-0.4, -0.2) is 43.4 Å². The molecule has 0 unspecified atom stereocenters. The Balaban J connectivity index is 1.60. The summed E-state index contributed by atoms with van der Waals surface area (Å²) < 4.78 is 11.4. The molecule has 1 fully saturated rings. The first kappa shape index (κ1) is 23.9. The molecule has 1 aliphatic heterocycles. The highest BCUT2D eigenvalue weighted by Gasteiger charge is 2.14. The third kappa shape index (κ3) is 6.00. The highest BCUT2D eigenvalue weighted by molar-refractivity contribution is 5.98. The van der Waals surface area contributed by atoms with Gasteiger partial charge in [0.2, 0.25) is 0 Å². The minimum atomic E-state index is 0.267. The van der Waals surface area contributed by atoms with Gasteiger partial charge in [-0.15, -0.1) is 0 Å². The molecule has 1 saturated heterocycles. The van der Waals surface area contributed by atoms with Gasteiger partial charge in [-0.05, 0) is 96.6 Å². The smallest absolute Gasteiger partial charge is 0.119 e. The Morgan fingerprint density at radius 2 is 1.32 bits per heavy atom. The molecule has 0 radical (unpaired) electrons. The van der Waals surface area contributed by atoms with Gasteiger partial charge >= 0.3 is 0 Å². The number of phenolic OH excluding ortho intramolecular Hbond substituents is 1. The normalized spacial score (nSPS) is 15.0. The first-order valence-corrected chi connectivity index (χ1v) is 12.3. The molecule has 3 aromatic rings. The third-order valence-electron chi connectivity index (χ3n) is 6.52. The molecule has 0 spiro atoms. The van der Waals surface area contributed by atoms with E-state index in [0.717, 1.165) is 46.7 Å². The standard InChI is InChI=1S/C30H35NO3/c1-3-29(23-9-15-27(33-2)16-10-23)30(24-7-13-26(32)14-8-24)25-11-17-28(18-12-25)34-22-21-31-19-5-4-6-20-31/h7-18,32H,3-6,19-22H2,1-2H3/b30-29+. The lowest BCUT2D eigenvalue weighted by Gasteiger charge is -2.26. The van der Waals surface area contributed by atoms with Crippen molar-refractivity contribution in [1.29, 1.82) is 0 Å². The fraction of sp³-hybridized carbons (Fsp3) is 0.333. The molecule has 0 saturated carbocycles. The molecule has 0 atom stereocenters. The quantitative estimate of drug-likeness (QED) is 0.366. The molecule has 4 rings (SSSR count). The number of benzene rings is 3. The zero-order valence-corrected chi connectivity index (χ0v) is 20.3. The van der Waals surface area contributed by atoms with Gasteiger partial charge in [0, 0.05) is 6.54 Å². The first-order chi connectivity index (χ1) is 16.7. The lowest BCUT2D eigenvalue weighted by atomic mass is 9.88. The molecule has 1 aliphatic rings. The van der Waals surface area contributed by atoms with Crippen LogP contribution in [0.2, 0.25) is 0 Å². The molecule has 0 aromatic heterocycles. The minimum absolute atomic E-state index is 0.267. The number of piperidine rings is 1. The Bertz CT molecular complexity index is 1060. The van der Waals surface area contributed by atoms with Crippen molar-refractivity contribution in [3.8, 4) is 17.2 Å². The van der Waals surface area contributed by atoms with Crippen LogP contribution in [0.5, 0.6) is 17.2 Å². The maximum absolute atomic E-state index is 9.84. The van der Waals surface area contributed by atoms with Gasteiger partial charge in [0.25, 0.3) is 0 Å². The van der Waals surface area contributed by atoms with Gasteiger partial charge in [-0.25, -0.2) is 0 Å². The Labute approximate surface area is 203 Å². The van der Waals surface area contributed by atoms with E-state index >= 15 is 0 Å². The average molecular weight is 458 g/mol. The monoisotopic (exact) mass is 457 g/mol. The van der Waals surface area contributed by atoms with Crippen molar-refractivity contribution in [2.45, 2.75) is 32.6 Å². The minimum Gasteiger partial charge on any atom is -0.508 e. The summed E-state index contributed by atoms with van der Waals surface area (Å²) >= 11 is 0. The van der Waals surface area contributed by atoms with Gasteiger partial charge in [-0.3, -0.25) is 4.90 Å². The second kappa shape index (κ2) is 11.8. The summed E-state index contributed by atoms with van der Waals surface area (Å²) in [5.41, 5.74) is 5.76. The number of aromatic hydroxyl groups is 1. The molecular formula is C30H35NO3. The molecule has 0 amide bonds. The molecule has 178 valence electrons. The van der Waals surface area contributed by atoms with Gasteiger partial charge in [-0.2, -0.15) is 0 Å². The van der Waals surface area contributed by atoms with Gasteiger partial charge in [0.1, 0.15) is 23.9 Å². The van der Waals surface area contributed by atoms with Crippen LogP contribution in [0.3, 0.4) is 0 Å². The van der Waals surface area contributed by atoms with Crippen molar-refractivity contribution in [1.82, 2.24) is 4.90 Å². The van der Waals surface area contributed by atoms with Gasteiger partial charge in [0.05, 0.1) is 7.11 Å². The van der Waals surface area contributed by atoms with Crippen molar-refractivity contribution < 1.29 is 14.6 Å². The number of ether oxygens (including phenoxy) is 2. The summed E-state index contributed by atoms with van der Waals surface area (Å²) in [4.78, 5) is 2.49. The summed E-state index contributed by atoms with van der Waals surface area (Å²) in [6, 6.07) is 24.1. The summed E-state index contributed by atoms with van der Waals surface area (Å²) in [5, 5.41) is 9.84. The highest BCUT2D eigenvalue weighted by Crippen LogP contribution is 2.36. The SMILES string of the molecule is CC/C(=C(/c1ccc(O)cc1)c1ccc(OCCN2CCCCC2)cc1)c1ccc(OC)cc1. The van der Waals surface area contributed by atoms with Gasteiger partial charge in [0.15, 0.2) is 0 Å². The van der Waals surface area contributed by atoms with E-state index in [1.54, 1.807) is 19.2 Å². The van der Waals surface area contributed by atoms with Crippen LogP contribution in [0.1, 0.15) is 49.3 Å². The van der Waals surface area contributed by atoms with Crippen LogP contribution >= 0.6 is 0 Å². The number of methoxy groups -OCH3 is 1. The maximum Gasteiger partial charge on any atom is 0.119 e. The molecular weight excluding hydrogens is 422 g/mol. The Morgan fingerprint density at radius 1 is 0.765 bits per heavy atom. The van der Waals surface area contributed by atoms with Gasteiger partial charge in [-0.1, -0.05) is 49.7 Å². The van der Waals surface area contributed by atoms with E-state index in [9.17, 15) is 5.11 Å². The van der Waals surface area contributed by atoms with Crippen molar-refractivity contribution in [2.24, 2.45) is 0 Å². The van der Waals surface area contributed by atoms with Crippen LogP contribution in [0.15, 0.2) is 72.8 Å². The summed E-state index contributed by atoms with van der Waals surface area (Å²) in [7, 11) is 1.68. The van der Waals surface area contributed by atoms with E-state index in [1.807, 2.05) is 24.3 Å². The molecule has 34 heavy (non-hydrogen) atoms.